The average Bonchev–Trinajstić information content (AvgIpc) is 3.04. The third-order valence-corrected chi connectivity index (χ3v) is 5.59. The fraction of sp³-hybridized carbons (Fsp3) is 0.200. The van der Waals surface area contributed by atoms with Crippen LogP contribution in [0.3, 0.4) is 0 Å². The number of nitrogens with one attached hydrogen (secondary N) is 2. The van der Waals surface area contributed by atoms with Gasteiger partial charge in [-0.2, -0.15) is 0 Å². The first-order valence-electron chi connectivity index (χ1n) is 8.91. The lowest BCUT2D eigenvalue weighted by Crippen LogP contribution is -2.20. The van der Waals surface area contributed by atoms with E-state index in [1.165, 1.54) is 24.3 Å². The third kappa shape index (κ3) is 5.09. The van der Waals surface area contributed by atoms with E-state index in [1.807, 2.05) is 0 Å². The van der Waals surface area contributed by atoms with Crippen molar-refractivity contribution in [2.75, 3.05) is 23.8 Å². The summed E-state index contributed by atoms with van der Waals surface area (Å²) in [5.41, 5.74) is 1.64. The Bertz CT molecular complexity index is 1140. The maximum absolute atomic E-state index is 12.5. The fourth-order valence-electron chi connectivity index (χ4n) is 2.45. The first kappa shape index (κ1) is 21.2. The number of benzene rings is 2. The maximum Gasteiger partial charge on any atom is 0.264 e. The zero-order valence-corrected chi connectivity index (χ0v) is 17.4. The van der Waals surface area contributed by atoms with Crippen molar-refractivity contribution in [2.45, 2.75) is 18.7 Å². The van der Waals surface area contributed by atoms with E-state index in [1.54, 1.807) is 45.2 Å². The SMILES string of the molecule is COc1cccc(OCC(=O)Nc2ccc(S(=O)(=O)Nc3onc(C)c3C)cc2)c1. The van der Waals surface area contributed by atoms with Gasteiger partial charge in [0.15, 0.2) is 6.61 Å². The number of aromatic nitrogens is 1. The molecule has 1 heterocycles. The van der Waals surface area contributed by atoms with Gasteiger partial charge < -0.3 is 19.3 Å². The summed E-state index contributed by atoms with van der Waals surface area (Å²) in [5, 5.41) is 6.36. The molecule has 0 atom stereocenters. The minimum atomic E-state index is -3.85. The third-order valence-electron chi connectivity index (χ3n) is 4.24. The molecule has 0 aliphatic carbocycles. The Hall–Kier alpha value is -3.53. The van der Waals surface area contributed by atoms with Gasteiger partial charge >= 0.3 is 0 Å². The predicted octanol–water partition coefficient (Wildman–Crippen LogP) is 3.12. The van der Waals surface area contributed by atoms with E-state index < -0.39 is 10.0 Å². The Balaban J connectivity index is 1.59. The molecule has 0 aliphatic heterocycles. The van der Waals surface area contributed by atoms with Crippen molar-refractivity contribution in [3.63, 3.8) is 0 Å². The van der Waals surface area contributed by atoms with Crippen molar-refractivity contribution in [1.29, 1.82) is 0 Å². The lowest BCUT2D eigenvalue weighted by atomic mass is 10.3. The molecule has 0 spiro atoms. The number of aryl methyl sites for hydroxylation is 1. The normalized spacial score (nSPS) is 11.0. The van der Waals surface area contributed by atoms with Crippen molar-refractivity contribution in [3.05, 3.63) is 59.8 Å². The van der Waals surface area contributed by atoms with E-state index in [9.17, 15) is 13.2 Å². The number of anilines is 2. The van der Waals surface area contributed by atoms with Gasteiger partial charge in [-0.25, -0.2) is 13.1 Å². The van der Waals surface area contributed by atoms with E-state index in [4.69, 9.17) is 14.0 Å². The number of amides is 1. The van der Waals surface area contributed by atoms with Crippen LogP contribution in [0.2, 0.25) is 0 Å². The topological polar surface area (TPSA) is 120 Å². The van der Waals surface area contributed by atoms with Crippen LogP contribution >= 0.6 is 0 Å². The van der Waals surface area contributed by atoms with E-state index in [0.29, 0.717) is 28.4 Å². The molecule has 0 fully saturated rings. The first-order valence-corrected chi connectivity index (χ1v) is 10.4. The largest absolute Gasteiger partial charge is 0.497 e. The second-order valence-corrected chi connectivity index (χ2v) is 8.05. The Morgan fingerprint density at radius 1 is 1.10 bits per heavy atom. The van der Waals surface area contributed by atoms with Crippen LogP contribution < -0.4 is 19.5 Å². The minimum absolute atomic E-state index is 0.0154. The monoisotopic (exact) mass is 431 g/mol. The first-order chi connectivity index (χ1) is 14.3. The molecule has 9 nitrogen and oxygen atoms in total. The Labute approximate surface area is 174 Å². The number of nitrogens with zero attached hydrogens (tertiary/aromatic N) is 1. The quantitative estimate of drug-likeness (QED) is 0.562. The number of ether oxygens (including phenoxy) is 2. The molecule has 3 aromatic rings. The van der Waals surface area contributed by atoms with Crippen LogP contribution in [0, 0.1) is 13.8 Å². The molecular weight excluding hydrogens is 410 g/mol. The summed E-state index contributed by atoms with van der Waals surface area (Å²) in [4.78, 5) is 12.1. The Morgan fingerprint density at radius 3 is 2.43 bits per heavy atom. The molecule has 0 bridgehead atoms. The zero-order valence-electron chi connectivity index (χ0n) is 16.6. The number of sulfonamides is 1. The van der Waals surface area contributed by atoms with Crippen molar-refractivity contribution in [2.24, 2.45) is 0 Å². The van der Waals surface area contributed by atoms with Crippen molar-refractivity contribution in [1.82, 2.24) is 5.16 Å². The van der Waals surface area contributed by atoms with Crippen molar-refractivity contribution >= 4 is 27.5 Å². The number of rotatable bonds is 8. The van der Waals surface area contributed by atoms with Gasteiger partial charge in [0.2, 0.25) is 5.88 Å². The van der Waals surface area contributed by atoms with Crippen LogP contribution in [0.25, 0.3) is 0 Å². The smallest absolute Gasteiger partial charge is 0.264 e. The summed E-state index contributed by atoms with van der Waals surface area (Å²) in [5.74, 6) is 0.794. The molecule has 0 saturated heterocycles. The summed E-state index contributed by atoms with van der Waals surface area (Å²) in [6.07, 6.45) is 0. The highest BCUT2D eigenvalue weighted by Gasteiger charge is 2.19. The van der Waals surface area contributed by atoms with Crippen molar-refractivity contribution < 1.29 is 27.2 Å². The van der Waals surface area contributed by atoms with Crippen molar-refractivity contribution in [3.8, 4) is 11.5 Å². The highest BCUT2D eigenvalue weighted by molar-refractivity contribution is 7.92. The van der Waals surface area contributed by atoms with Crippen LogP contribution in [0.4, 0.5) is 11.6 Å². The maximum atomic E-state index is 12.5. The van der Waals surface area contributed by atoms with E-state index >= 15 is 0 Å². The summed E-state index contributed by atoms with van der Waals surface area (Å²) in [6.45, 7) is 3.21. The minimum Gasteiger partial charge on any atom is -0.497 e. The average molecular weight is 431 g/mol. The van der Waals surface area contributed by atoms with E-state index in [-0.39, 0.29) is 23.3 Å². The highest BCUT2D eigenvalue weighted by Crippen LogP contribution is 2.23. The molecule has 2 aromatic carbocycles. The fourth-order valence-corrected chi connectivity index (χ4v) is 3.49. The van der Waals surface area contributed by atoms with Crippen LogP contribution in [-0.2, 0) is 14.8 Å². The molecule has 1 amide bonds. The standard InChI is InChI=1S/C20H21N3O6S/c1-13-14(2)22-29-20(13)23-30(25,26)18-9-7-15(8-10-18)21-19(24)12-28-17-6-4-5-16(11-17)27-3/h4-11,23H,12H2,1-3H3,(H,21,24). The summed E-state index contributed by atoms with van der Waals surface area (Å²) >= 11 is 0. The number of hydrogen-bond donors (Lipinski definition) is 2. The highest BCUT2D eigenvalue weighted by atomic mass is 32.2. The molecule has 0 aliphatic rings. The second kappa shape index (κ2) is 8.87. The van der Waals surface area contributed by atoms with Gasteiger partial charge in [-0.1, -0.05) is 11.2 Å². The van der Waals surface area contributed by atoms with Gasteiger partial charge in [-0.05, 0) is 50.2 Å². The van der Waals surface area contributed by atoms with Gasteiger partial charge in [-0.15, -0.1) is 0 Å². The van der Waals surface area contributed by atoms with Gasteiger partial charge in [0.05, 0.1) is 17.7 Å². The molecule has 0 unspecified atom stereocenters. The Kier molecular flexibility index (Phi) is 6.26. The lowest BCUT2D eigenvalue weighted by molar-refractivity contribution is -0.118. The Morgan fingerprint density at radius 2 is 1.80 bits per heavy atom. The van der Waals surface area contributed by atoms with E-state index in [2.05, 4.69) is 15.2 Å². The summed E-state index contributed by atoms with van der Waals surface area (Å²) in [7, 11) is -2.31. The summed E-state index contributed by atoms with van der Waals surface area (Å²) in [6, 6.07) is 12.6. The van der Waals surface area contributed by atoms with Gasteiger partial charge in [0.1, 0.15) is 11.5 Å². The molecule has 1 aromatic heterocycles. The molecule has 3 rings (SSSR count). The van der Waals surface area contributed by atoms with Gasteiger partial charge in [0, 0.05) is 17.3 Å². The molecule has 10 heteroatoms. The molecule has 30 heavy (non-hydrogen) atoms. The predicted molar refractivity (Wildman–Crippen MR) is 110 cm³/mol. The second-order valence-electron chi connectivity index (χ2n) is 6.37. The molecule has 0 radical (unpaired) electrons. The van der Waals surface area contributed by atoms with E-state index in [0.717, 1.165) is 0 Å². The number of hydrogen-bond acceptors (Lipinski definition) is 7. The number of methoxy groups -OCH3 is 1. The van der Waals surface area contributed by atoms with Crippen LogP contribution in [0.5, 0.6) is 11.5 Å². The molecule has 2 N–H and O–H groups in total. The molecular formula is C20H21N3O6S. The zero-order chi connectivity index (χ0) is 21.7. The van der Waals surface area contributed by atoms with Gasteiger partial charge in [0.25, 0.3) is 15.9 Å². The van der Waals surface area contributed by atoms with Crippen LogP contribution in [0.15, 0.2) is 57.9 Å². The van der Waals surface area contributed by atoms with Crippen LogP contribution in [-0.4, -0.2) is 33.2 Å². The number of carbonyl (C=O) groups is 1. The van der Waals surface area contributed by atoms with Gasteiger partial charge in [-0.3, -0.25) is 4.79 Å². The van der Waals surface area contributed by atoms with Crippen LogP contribution in [0.1, 0.15) is 11.3 Å². The molecule has 0 saturated carbocycles. The lowest BCUT2D eigenvalue weighted by Gasteiger charge is -2.10. The molecule has 158 valence electrons. The summed E-state index contributed by atoms with van der Waals surface area (Å²) < 4.78 is 42.9. The number of carbonyl (C=O) groups excluding carboxylic acids is 1.